The molecule has 6 heteroatoms. The number of nitrogens with zero attached hydrogens (tertiary/aromatic N) is 4. The molecule has 1 saturated heterocycles. The minimum atomic E-state index is -0.382. The number of aliphatic hydroxyl groups excluding tert-OH is 1. The number of hydrogen-bond donors (Lipinski definition) is 1. The lowest BCUT2D eigenvalue weighted by atomic mass is 10.1. The van der Waals surface area contributed by atoms with Gasteiger partial charge in [-0.15, -0.1) is 0 Å². The van der Waals surface area contributed by atoms with Crippen molar-refractivity contribution in [1.82, 2.24) is 20.0 Å². The predicted molar refractivity (Wildman–Crippen MR) is 87.7 cm³/mol. The molecular weight excluding hydrogens is 304 g/mol. The van der Waals surface area contributed by atoms with Crippen molar-refractivity contribution in [2.75, 3.05) is 6.54 Å². The van der Waals surface area contributed by atoms with Crippen LogP contribution in [0.2, 0.25) is 0 Å². The molecule has 1 fully saturated rings. The molecule has 2 aromatic heterocycles. The summed E-state index contributed by atoms with van der Waals surface area (Å²) in [7, 11) is 0. The monoisotopic (exact) mass is 322 g/mol. The van der Waals surface area contributed by atoms with Gasteiger partial charge in [0.1, 0.15) is 0 Å². The molecule has 0 saturated carbocycles. The summed E-state index contributed by atoms with van der Waals surface area (Å²) in [6.45, 7) is 1.34. The molecule has 0 unspecified atom stereocenters. The summed E-state index contributed by atoms with van der Waals surface area (Å²) in [5.41, 5.74) is 2.02. The van der Waals surface area contributed by atoms with Crippen molar-refractivity contribution in [3.8, 4) is 11.4 Å². The van der Waals surface area contributed by atoms with E-state index in [1.165, 1.54) is 5.56 Å². The van der Waals surface area contributed by atoms with Crippen LogP contribution in [-0.4, -0.2) is 37.8 Å². The fourth-order valence-electron chi connectivity index (χ4n) is 3.11. The quantitative estimate of drug-likeness (QED) is 0.795. The van der Waals surface area contributed by atoms with Crippen LogP contribution >= 0.6 is 0 Å². The van der Waals surface area contributed by atoms with E-state index in [0.717, 1.165) is 12.1 Å². The number of benzene rings is 1. The zero-order chi connectivity index (χ0) is 16.4. The van der Waals surface area contributed by atoms with Gasteiger partial charge in [0.2, 0.25) is 11.7 Å². The van der Waals surface area contributed by atoms with Crippen LogP contribution in [0.25, 0.3) is 11.4 Å². The molecule has 0 radical (unpaired) electrons. The Hall–Kier alpha value is -2.57. The van der Waals surface area contributed by atoms with Gasteiger partial charge in [0.25, 0.3) is 0 Å². The number of pyridine rings is 1. The van der Waals surface area contributed by atoms with E-state index >= 15 is 0 Å². The van der Waals surface area contributed by atoms with Gasteiger partial charge in [-0.1, -0.05) is 35.5 Å². The molecule has 0 amide bonds. The van der Waals surface area contributed by atoms with Crippen LogP contribution in [0.5, 0.6) is 0 Å². The van der Waals surface area contributed by atoms with Crippen LogP contribution in [0.4, 0.5) is 0 Å². The third kappa shape index (κ3) is 3.06. The first kappa shape index (κ1) is 15.0. The van der Waals surface area contributed by atoms with Gasteiger partial charge in [-0.25, -0.2) is 0 Å². The van der Waals surface area contributed by atoms with Crippen LogP contribution in [0.3, 0.4) is 0 Å². The average molecular weight is 322 g/mol. The minimum absolute atomic E-state index is 0.0712. The van der Waals surface area contributed by atoms with E-state index in [2.05, 4.69) is 32.2 Å². The van der Waals surface area contributed by atoms with Gasteiger partial charge in [-0.3, -0.25) is 9.88 Å². The molecule has 1 aromatic carbocycles. The Balaban J connectivity index is 1.57. The maximum absolute atomic E-state index is 10.1. The zero-order valence-electron chi connectivity index (χ0n) is 13.1. The molecule has 3 aromatic rings. The first-order valence-corrected chi connectivity index (χ1v) is 7.99. The van der Waals surface area contributed by atoms with Gasteiger partial charge < -0.3 is 9.63 Å². The van der Waals surface area contributed by atoms with Crippen molar-refractivity contribution in [1.29, 1.82) is 0 Å². The molecule has 1 N–H and O–H groups in total. The molecule has 0 aliphatic carbocycles. The average Bonchev–Trinajstić information content (AvgIpc) is 3.23. The first-order chi connectivity index (χ1) is 11.8. The number of hydrogen-bond acceptors (Lipinski definition) is 6. The maximum Gasteiger partial charge on any atom is 0.244 e. The van der Waals surface area contributed by atoms with Gasteiger partial charge >= 0.3 is 0 Å². The van der Waals surface area contributed by atoms with Gasteiger partial charge in [0, 0.05) is 31.0 Å². The molecule has 1 aliphatic heterocycles. The highest BCUT2D eigenvalue weighted by molar-refractivity contribution is 5.51. The molecule has 1 aliphatic rings. The highest BCUT2D eigenvalue weighted by Gasteiger charge is 2.35. The number of likely N-dealkylation sites (tertiary alicyclic amines) is 1. The Kier molecular flexibility index (Phi) is 4.06. The van der Waals surface area contributed by atoms with E-state index in [4.69, 9.17) is 4.52 Å². The Morgan fingerprint density at radius 2 is 2.04 bits per heavy atom. The topological polar surface area (TPSA) is 75.3 Å². The molecule has 3 heterocycles. The summed E-state index contributed by atoms with van der Waals surface area (Å²) in [5.74, 6) is 1.07. The Morgan fingerprint density at radius 3 is 2.83 bits per heavy atom. The lowest BCUT2D eigenvalue weighted by molar-refractivity contribution is 0.169. The summed E-state index contributed by atoms with van der Waals surface area (Å²) >= 11 is 0. The molecule has 4 rings (SSSR count). The second-order valence-electron chi connectivity index (χ2n) is 6.02. The lowest BCUT2D eigenvalue weighted by Gasteiger charge is -2.21. The fourth-order valence-corrected chi connectivity index (χ4v) is 3.11. The Bertz CT molecular complexity index is 791. The first-order valence-electron chi connectivity index (χ1n) is 7.99. The SMILES string of the molecule is O[C@@H]1C[C@@H](c2nc(-c3cccnc3)no2)N(Cc2ccccc2)C1. The van der Waals surface area contributed by atoms with E-state index in [9.17, 15) is 5.11 Å². The van der Waals surface area contributed by atoms with E-state index in [1.807, 2.05) is 30.3 Å². The van der Waals surface area contributed by atoms with Crippen molar-refractivity contribution < 1.29 is 9.63 Å². The van der Waals surface area contributed by atoms with Gasteiger partial charge in [-0.05, 0) is 24.1 Å². The maximum atomic E-state index is 10.1. The number of aromatic nitrogens is 3. The third-order valence-electron chi connectivity index (χ3n) is 4.26. The third-order valence-corrected chi connectivity index (χ3v) is 4.26. The number of aliphatic hydroxyl groups is 1. The molecular formula is C18H18N4O2. The summed E-state index contributed by atoms with van der Waals surface area (Å²) < 4.78 is 5.48. The van der Waals surface area contributed by atoms with Crippen LogP contribution in [0.1, 0.15) is 23.9 Å². The van der Waals surface area contributed by atoms with Gasteiger partial charge in [0.05, 0.1) is 12.1 Å². The standard InChI is InChI=1S/C18H18N4O2/c23-15-9-16(22(12-15)11-13-5-2-1-3-6-13)18-20-17(21-24-18)14-7-4-8-19-10-14/h1-8,10,15-16,23H,9,11-12H2/t15-,16+/m1/s1. The number of rotatable bonds is 4. The summed E-state index contributed by atoms with van der Waals surface area (Å²) in [4.78, 5) is 10.8. The highest BCUT2D eigenvalue weighted by Crippen LogP contribution is 2.33. The van der Waals surface area contributed by atoms with Crippen LogP contribution in [0.15, 0.2) is 59.4 Å². The second kappa shape index (κ2) is 6.51. The fraction of sp³-hybridized carbons (Fsp3) is 0.278. The highest BCUT2D eigenvalue weighted by atomic mass is 16.5. The van der Waals surface area contributed by atoms with E-state index in [0.29, 0.717) is 24.7 Å². The van der Waals surface area contributed by atoms with Crippen molar-refractivity contribution in [2.24, 2.45) is 0 Å². The molecule has 122 valence electrons. The van der Waals surface area contributed by atoms with E-state index in [1.54, 1.807) is 12.4 Å². The summed E-state index contributed by atoms with van der Waals surface area (Å²) in [5, 5.41) is 14.2. The summed E-state index contributed by atoms with van der Waals surface area (Å²) in [6.07, 6.45) is 3.63. The van der Waals surface area contributed by atoms with Crippen molar-refractivity contribution >= 4 is 0 Å². The van der Waals surface area contributed by atoms with Crippen molar-refractivity contribution in [2.45, 2.75) is 25.1 Å². The largest absolute Gasteiger partial charge is 0.392 e. The predicted octanol–water partition coefficient (Wildman–Crippen LogP) is 2.44. The van der Waals surface area contributed by atoms with Crippen LogP contribution in [0, 0.1) is 0 Å². The van der Waals surface area contributed by atoms with Crippen LogP contribution < -0.4 is 0 Å². The van der Waals surface area contributed by atoms with Gasteiger partial charge in [0.15, 0.2) is 0 Å². The molecule has 0 bridgehead atoms. The van der Waals surface area contributed by atoms with Gasteiger partial charge in [-0.2, -0.15) is 4.98 Å². The second-order valence-corrected chi connectivity index (χ2v) is 6.02. The molecule has 24 heavy (non-hydrogen) atoms. The molecule has 0 spiro atoms. The van der Waals surface area contributed by atoms with Crippen molar-refractivity contribution in [3.63, 3.8) is 0 Å². The minimum Gasteiger partial charge on any atom is -0.392 e. The molecule has 2 atom stereocenters. The normalized spacial score (nSPS) is 21.2. The Labute approximate surface area is 139 Å². The lowest BCUT2D eigenvalue weighted by Crippen LogP contribution is -2.24. The van der Waals surface area contributed by atoms with Crippen LogP contribution in [-0.2, 0) is 6.54 Å². The summed E-state index contributed by atoms with van der Waals surface area (Å²) in [6, 6.07) is 13.9. The van der Waals surface area contributed by atoms with Crippen molar-refractivity contribution in [3.05, 3.63) is 66.3 Å². The van der Waals surface area contributed by atoms with E-state index < -0.39 is 0 Å². The number of β-amino-alcohol motifs (C(OH)–C–C–N with tert-alkyl or cyclic N) is 1. The smallest absolute Gasteiger partial charge is 0.244 e. The molecule has 6 nitrogen and oxygen atoms in total. The Morgan fingerprint density at radius 1 is 1.17 bits per heavy atom. The van der Waals surface area contributed by atoms with E-state index in [-0.39, 0.29) is 12.1 Å². The zero-order valence-corrected chi connectivity index (χ0v) is 13.1.